The molecule has 2 fully saturated rings. The van der Waals surface area contributed by atoms with Gasteiger partial charge in [0.05, 0.1) is 0 Å². The Kier molecular flexibility index (Phi) is 2.55. The van der Waals surface area contributed by atoms with Crippen molar-refractivity contribution in [1.82, 2.24) is 4.31 Å². The predicted octanol–water partition coefficient (Wildman–Crippen LogP) is 1.59. The molecule has 0 N–H and O–H groups in total. The minimum absolute atomic E-state index is 0.572. The molecule has 2 rings (SSSR count). The summed E-state index contributed by atoms with van der Waals surface area (Å²) in [6.07, 6.45) is 4.84. The van der Waals surface area contributed by atoms with Crippen LogP contribution in [0.25, 0.3) is 0 Å². The molecule has 0 radical (unpaired) electrons. The Balaban J connectivity index is 2.07. The number of fused-ring (bicyclic) bond motifs is 1. The minimum Gasteiger partial charge on any atom is -0.195 e. The van der Waals surface area contributed by atoms with Crippen LogP contribution in [-0.4, -0.2) is 25.8 Å². The Morgan fingerprint density at radius 1 is 1.08 bits per heavy atom. The van der Waals surface area contributed by atoms with E-state index in [0.717, 1.165) is 0 Å². The van der Waals surface area contributed by atoms with Crippen LogP contribution in [0.1, 0.15) is 25.7 Å². The van der Waals surface area contributed by atoms with E-state index in [1.165, 1.54) is 30.0 Å². The lowest BCUT2D eigenvalue weighted by molar-refractivity contribution is 0.299. The molecule has 2 atom stereocenters. The molecule has 0 amide bonds. The molecule has 1 saturated heterocycles. The maximum Gasteiger partial charge on any atom is 0.299 e. The smallest absolute Gasteiger partial charge is 0.195 e. The van der Waals surface area contributed by atoms with E-state index in [0.29, 0.717) is 24.9 Å². The number of halogens is 1. The van der Waals surface area contributed by atoms with Gasteiger partial charge in [-0.1, -0.05) is 12.8 Å². The van der Waals surface area contributed by atoms with E-state index in [1.54, 1.807) is 0 Å². The summed E-state index contributed by atoms with van der Waals surface area (Å²) in [7, 11) is 1.85. The van der Waals surface area contributed by atoms with Crippen molar-refractivity contribution in [2.24, 2.45) is 11.8 Å². The summed E-state index contributed by atoms with van der Waals surface area (Å²) in [5.41, 5.74) is 0. The van der Waals surface area contributed by atoms with Gasteiger partial charge in [0.1, 0.15) is 0 Å². The molecule has 76 valence electrons. The molecule has 0 bridgehead atoms. The summed E-state index contributed by atoms with van der Waals surface area (Å²) in [5, 5.41) is 0. The van der Waals surface area contributed by atoms with Crippen LogP contribution in [0, 0.1) is 11.8 Å². The van der Waals surface area contributed by atoms with Crippen LogP contribution in [0.5, 0.6) is 0 Å². The summed E-state index contributed by atoms with van der Waals surface area (Å²) >= 11 is 0. The number of hydrogen-bond donors (Lipinski definition) is 0. The average Bonchev–Trinajstić information content (AvgIpc) is 2.45. The third-order valence-corrected chi connectivity index (χ3v) is 4.75. The third kappa shape index (κ3) is 2.00. The maximum atomic E-state index is 11.1. The molecule has 1 heterocycles. The van der Waals surface area contributed by atoms with Crippen LogP contribution in [0.2, 0.25) is 0 Å². The fourth-order valence-electron chi connectivity index (χ4n) is 2.54. The molecule has 1 aliphatic heterocycles. The second kappa shape index (κ2) is 3.41. The van der Waals surface area contributed by atoms with E-state index in [2.05, 4.69) is 0 Å². The highest BCUT2D eigenvalue weighted by molar-refractivity contribution is 8.11. The van der Waals surface area contributed by atoms with Gasteiger partial charge in [-0.2, -0.15) is 12.7 Å². The minimum atomic E-state index is -3.46. The zero-order valence-corrected chi connectivity index (χ0v) is 9.02. The van der Waals surface area contributed by atoms with Crippen LogP contribution >= 0.6 is 10.7 Å². The largest absolute Gasteiger partial charge is 0.299 e. The normalized spacial score (nSPS) is 36.1. The molecule has 2 aliphatic rings. The second-order valence-electron chi connectivity index (χ2n) is 4.06. The fraction of sp³-hybridized carbons (Fsp3) is 1.00. The summed E-state index contributed by atoms with van der Waals surface area (Å²) in [6, 6.07) is 0. The Morgan fingerprint density at radius 2 is 1.54 bits per heavy atom. The highest BCUT2D eigenvalue weighted by Crippen LogP contribution is 2.37. The number of rotatable bonds is 1. The van der Waals surface area contributed by atoms with E-state index >= 15 is 0 Å². The first-order valence-electron chi connectivity index (χ1n) is 4.77. The van der Waals surface area contributed by atoms with Crippen molar-refractivity contribution in [2.75, 3.05) is 13.1 Å². The summed E-state index contributed by atoms with van der Waals surface area (Å²) in [5.74, 6) is 1.14. The maximum absolute atomic E-state index is 11.1. The summed E-state index contributed by atoms with van der Waals surface area (Å²) in [6.45, 7) is 1.30. The van der Waals surface area contributed by atoms with Gasteiger partial charge in [-0.3, -0.25) is 0 Å². The van der Waals surface area contributed by atoms with Crippen molar-refractivity contribution in [2.45, 2.75) is 25.7 Å². The Bertz CT molecular complexity index is 277. The molecular formula is C8H14ClNO2S. The first kappa shape index (κ1) is 9.74. The first-order chi connectivity index (χ1) is 6.07. The SMILES string of the molecule is O=S(=O)(Cl)N1C[C@H]2CCCC[C@H]2C1. The highest BCUT2D eigenvalue weighted by atomic mass is 35.7. The van der Waals surface area contributed by atoms with Gasteiger partial charge in [0.15, 0.2) is 0 Å². The lowest BCUT2D eigenvalue weighted by Crippen LogP contribution is -2.24. The van der Waals surface area contributed by atoms with Crippen molar-refractivity contribution in [3.63, 3.8) is 0 Å². The van der Waals surface area contributed by atoms with Gasteiger partial charge < -0.3 is 0 Å². The van der Waals surface area contributed by atoms with Crippen molar-refractivity contribution < 1.29 is 8.42 Å². The lowest BCUT2D eigenvalue weighted by Gasteiger charge is -2.22. The quantitative estimate of drug-likeness (QED) is 0.634. The predicted molar refractivity (Wildman–Crippen MR) is 51.8 cm³/mol. The molecule has 0 aromatic heterocycles. The molecule has 0 unspecified atom stereocenters. The standard InChI is InChI=1S/C8H14ClNO2S/c9-13(11,12)10-5-7-3-1-2-4-8(7)6-10/h7-8H,1-6H2/t7-,8+. The molecule has 1 aliphatic carbocycles. The van der Waals surface area contributed by atoms with Gasteiger partial charge in [-0.15, -0.1) is 0 Å². The van der Waals surface area contributed by atoms with Gasteiger partial charge in [0, 0.05) is 23.8 Å². The van der Waals surface area contributed by atoms with Crippen molar-refractivity contribution in [1.29, 1.82) is 0 Å². The van der Waals surface area contributed by atoms with E-state index in [1.807, 2.05) is 0 Å². The van der Waals surface area contributed by atoms with Gasteiger partial charge in [-0.05, 0) is 24.7 Å². The van der Waals surface area contributed by atoms with Gasteiger partial charge in [0.25, 0.3) is 9.24 Å². The molecule has 0 spiro atoms. The summed E-state index contributed by atoms with van der Waals surface area (Å²) in [4.78, 5) is 0. The van der Waals surface area contributed by atoms with Crippen LogP contribution in [0.4, 0.5) is 0 Å². The molecule has 0 aromatic rings. The summed E-state index contributed by atoms with van der Waals surface area (Å²) < 4.78 is 23.6. The topological polar surface area (TPSA) is 37.4 Å². The molecule has 3 nitrogen and oxygen atoms in total. The monoisotopic (exact) mass is 223 g/mol. The van der Waals surface area contributed by atoms with Crippen LogP contribution < -0.4 is 0 Å². The van der Waals surface area contributed by atoms with Gasteiger partial charge in [-0.25, -0.2) is 0 Å². The number of nitrogens with zero attached hydrogens (tertiary/aromatic N) is 1. The van der Waals surface area contributed by atoms with E-state index < -0.39 is 9.24 Å². The van der Waals surface area contributed by atoms with Gasteiger partial charge >= 0.3 is 0 Å². The highest BCUT2D eigenvalue weighted by Gasteiger charge is 2.38. The zero-order valence-electron chi connectivity index (χ0n) is 7.45. The van der Waals surface area contributed by atoms with Crippen molar-refractivity contribution in [3.8, 4) is 0 Å². The molecule has 0 aromatic carbocycles. The third-order valence-electron chi connectivity index (χ3n) is 3.25. The van der Waals surface area contributed by atoms with E-state index in [4.69, 9.17) is 10.7 Å². The molecule has 5 heteroatoms. The van der Waals surface area contributed by atoms with Crippen LogP contribution in [-0.2, 0) is 9.24 Å². The van der Waals surface area contributed by atoms with E-state index in [-0.39, 0.29) is 0 Å². The van der Waals surface area contributed by atoms with Gasteiger partial charge in [0.2, 0.25) is 0 Å². The van der Waals surface area contributed by atoms with E-state index in [9.17, 15) is 8.42 Å². The van der Waals surface area contributed by atoms with Crippen LogP contribution in [0.3, 0.4) is 0 Å². The Labute approximate surface area is 83.6 Å². The molecule has 13 heavy (non-hydrogen) atoms. The van der Waals surface area contributed by atoms with Crippen molar-refractivity contribution >= 4 is 19.9 Å². The number of hydrogen-bond acceptors (Lipinski definition) is 2. The molecule has 1 saturated carbocycles. The zero-order chi connectivity index (χ0) is 9.47. The fourth-order valence-corrected chi connectivity index (χ4v) is 3.62. The lowest BCUT2D eigenvalue weighted by atomic mass is 9.82. The van der Waals surface area contributed by atoms with Crippen LogP contribution in [0.15, 0.2) is 0 Å². The average molecular weight is 224 g/mol. The molecular weight excluding hydrogens is 210 g/mol. The Hall–Kier alpha value is 0.200. The second-order valence-corrected chi connectivity index (χ2v) is 6.57. The Morgan fingerprint density at radius 3 is 1.92 bits per heavy atom. The first-order valence-corrected chi connectivity index (χ1v) is 7.04. The van der Waals surface area contributed by atoms with Crippen molar-refractivity contribution in [3.05, 3.63) is 0 Å².